The fraction of sp³-hybridized carbons (Fsp3) is 0.316. The fourth-order valence-corrected chi connectivity index (χ4v) is 2.90. The highest BCUT2D eigenvalue weighted by Crippen LogP contribution is 2.32. The molecule has 0 amide bonds. The highest BCUT2D eigenvalue weighted by atomic mass is 16.6. The first-order valence-electron chi connectivity index (χ1n) is 8.59. The van der Waals surface area contributed by atoms with Gasteiger partial charge < -0.3 is 9.80 Å². The van der Waals surface area contributed by atoms with Gasteiger partial charge in [-0.05, 0) is 25.2 Å². The molecule has 0 atom stereocenters. The number of benzene rings is 2. The van der Waals surface area contributed by atoms with Gasteiger partial charge in [0.25, 0.3) is 5.69 Å². The van der Waals surface area contributed by atoms with Crippen LogP contribution in [0.25, 0.3) is 0 Å². The van der Waals surface area contributed by atoms with Gasteiger partial charge in [-0.1, -0.05) is 24.3 Å². The second-order valence-corrected chi connectivity index (χ2v) is 6.40. The van der Waals surface area contributed by atoms with Crippen molar-refractivity contribution in [2.75, 3.05) is 45.2 Å². The van der Waals surface area contributed by atoms with Crippen molar-refractivity contribution in [2.45, 2.75) is 0 Å². The molecule has 0 radical (unpaired) electrons. The summed E-state index contributed by atoms with van der Waals surface area (Å²) >= 11 is 0. The van der Waals surface area contributed by atoms with Crippen LogP contribution in [-0.2, 0) is 0 Å². The van der Waals surface area contributed by atoms with Gasteiger partial charge >= 0.3 is 0 Å². The third-order valence-electron chi connectivity index (χ3n) is 4.55. The van der Waals surface area contributed by atoms with E-state index >= 15 is 0 Å². The summed E-state index contributed by atoms with van der Waals surface area (Å²) < 4.78 is 0. The minimum Gasteiger partial charge on any atom is -0.339 e. The second-order valence-electron chi connectivity index (χ2n) is 6.40. The molecule has 0 N–H and O–H groups in total. The maximum absolute atomic E-state index is 11.6. The lowest BCUT2D eigenvalue weighted by Crippen LogP contribution is -2.41. The number of para-hydroxylation sites is 1. The van der Waals surface area contributed by atoms with Crippen molar-refractivity contribution in [3.05, 3.63) is 64.2 Å². The summed E-state index contributed by atoms with van der Waals surface area (Å²) in [6.45, 7) is 3.67. The van der Waals surface area contributed by atoms with Crippen LogP contribution in [0.1, 0.15) is 5.56 Å². The zero-order valence-electron chi connectivity index (χ0n) is 15.1. The predicted octanol–water partition coefficient (Wildman–Crippen LogP) is 2.94. The van der Waals surface area contributed by atoms with Gasteiger partial charge in [-0.3, -0.25) is 15.1 Å². The molecule has 0 aromatic heterocycles. The minimum absolute atomic E-state index is 0.0682. The molecule has 3 rings (SSSR count). The van der Waals surface area contributed by atoms with Crippen LogP contribution >= 0.6 is 0 Å². The van der Waals surface area contributed by atoms with Gasteiger partial charge in [-0.15, -0.1) is 0 Å². The lowest BCUT2D eigenvalue weighted by atomic mass is 10.1. The molecule has 1 heterocycles. The topological polar surface area (TPSA) is 65.2 Å². The van der Waals surface area contributed by atoms with Crippen LogP contribution in [0.2, 0.25) is 0 Å². The van der Waals surface area contributed by atoms with Crippen molar-refractivity contribution < 1.29 is 4.92 Å². The third-order valence-corrected chi connectivity index (χ3v) is 4.55. The molecule has 0 aliphatic carbocycles. The number of nitrogens with zero attached hydrogens (tertiary/aromatic N) is 5. The predicted molar refractivity (Wildman–Crippen MR) is 104 cm³/mol. The van der Waals surface area contributed by atoms with Gasteiger partial charge in [0, 0.05) is 50.5 Å². The smallest absolute Gasteiger partial charge is 0.293 e. The lowest BCUT2D eigenvalue weighted by Gasteiger charge is -2.30. The Morgan fingerprint density at radius 3 is 2.46 bits per heavy atom. The van der Waals surface area contributed by atoms with Gasteiger partial charge in [0.15, 0.2) is 0 Å². The largest absolute Gasteiger partial charge is 0.339 e. The Labute approximate surface area is 153 Å². The van der Waals surface area contributed by atoms with Crippen molar-refractivity contribution in [3.63, 3.8) is 0 Å². The average molecular weight is 353 g/mol. The molecule has 0 unspecified atom stereocenters. The Kier molecular flexibility index (Phi) is 5.48. The number of nitro benzene ring substituents is 1. The van der Waals surface area contributed by atoms with Crippen LogP contribution in [0.5, 0.6) is 0 Å². The zero-order chi connectivity index (χ0) is 18.5. The van der Waals surface area contributed by atoms with Crippen molar-refractivity contribution in [3.8, 4) is 0 Å². The molecule has 26 heavy (non-hydrogen) atoms. The number of hydrogen-bond donors (Lipinski definition) is 0. The van der Waals surface area contributed by atoms with Crippen molar-refractivity contribution >= 4 is 23.3 Å². The van der Waals surface area contributed by atoms with Gasteiger partial charge in [0.1, 0.15) is 5.69 Å². The van der Waals surface area contributed by atoms with E-state index in [0.29, 0.717) is 5.69 Å². The summed E-state index contributed by atoms with van der Waals surface area (Å²) in [4.78, 5) is 15.3. The Balaban J connectivity index is 1.82. The fourth-order valence-electron chi connectivity index (χ4n) is 2.90. The molecule has 1 saturated heterocycles. The standard InChI is InChI=1S/C19H23N5O2/c1-21-10-12-23(13-11-21)20-15-16-8-9-18(19(14-16)24(25)26)22(2)17-6-4-3-5-7-17/h3-9,14-15H,10-13H2,1-2H3/b20-15-. The van der Waals surface area contributed by atoms with E-state index < -0.39 is 0 Å². The van der Waals surface area contributed by atoms with Crippen LogP contribution in [0.3, 0.4) is 0 Å². The van der Waals surface area contributed by atoms with Crippen molar-refractivity contribution in [1.29, 1.82) is 0 Å². The number of rotatable bonds is 5. The molecular formula is C19H23N5O2. The van der Waals surface area contributed by atoms with Crippen LogP contribution in [-0.4, -0.2) is 61.3 Å². The first kappa shape index (κ1) is 17.9. The maximum Gasteiger partial charge on any atom is 0.293 e. The van der Waals surface area contributed by atoms with Crippen molar-refractivity contribution in [2.24, 2.45) is 5.10 Å². The highest BCUT2D eigenvalue weighted by Gasteiger charge is 2.19. The molecule has 7 nitrogen and oxygen atoms in total. The van der Waals surface area contributed by atoms with Crippen molar-refractivity contribution in [1.82, 2.24) is 9.91 Å². The Hall–Kier alpha value is -2.93. The molecule has 0 spiro atoms. The molecular weight excluding hydrogens is 330 g/mol. The van der Waals surface area contributed by atoms with E-state index in [1.807, 2.05) is 53.4 Å². The zero-order valence-corrected chi connectivity index (χ0v) is 15.1. The molecule has 0 saturated carbocycles. The normalized spacial score (nSPS) is 15.4. The van der Waals surface area contributed by atoms with E-state index in [0.717, 1.165) is 37.4 Å². The lowest BCUT2D eigenvalue weighted by molar-refractivity contribution is -0.384. The van der Waals surface area contributed by atoms with Crippen LogP contribution < -0.4 is 4.90 Å². The molecule has 0 bridgehead atoms. The monoisotopic (exact) mass is 353 g/mol. The number of likely N-dealkylation sites (N-methyl/N-ethyl adjacent to an activating group) is 1. The average Bonchev–Trinajstić information content (AvgIpc) is 2.67. The number of hydrazone groups is 1. The number of piperazine rings is 1. The first-order chi connectivity index (χ1) is 12.5. The quantitative estimate of drug-likeness (QED) is 0.470. The Morgan fingerprint density at radius 1 is 1.12 bits per heavy atom. The number of hydrogen-bond acceptors (Lipinski definition) is 6. The summed E-state index contributed by atoms with van der Waals surface area (Å²) in [5, 5.41) is 18.0. The van der Waals surface area contributed by atoms with Crippen LogP contribution in [0.15, 0.2) is 53.6 Å². The van der Waals surface area contributed by atoms with E-state index in [2.05, 4.69) is 17.0 Å². The summed E-state index contributed by atoms with van der Waals surface area (Å²) in [5.74, 6) is 0. The van der Waals surface area contributed by atoms with E-state index in [4.69, 9.17) is 0 Å². The van der Waals surface area contributed by atoms with Gasteiger partial charge in [0.2, 0.25) is 0 Å². The summed E-state index contributed by atoms with van der Waals surface area (Å²) in [6, 6.07) is 14.8. The molecule has 1 aliphatic rings. The Morgan fingerprint density at radius 2 is 1.81 bits per heavy atom. The molecule has 136 valence electrons. The van der Waals surface area contributed by atoms with Gasteiger partial charge in [-0.25, -0.2) is 0 Å². The second kappa shape index (κ2) is 7.97. The molecule has 2 aromatic rings. The minimum atomic E-state index is -0.345. The van der Waals surface area contributed by atoms with Gasteiger partial charge in [-0.2, -0.15) is 5.10 Å². The van der Waals surface area contributed by atoms with E-state index in [-0.39, 0.29) is 10.6 Å². The summed E-state index contributed by atoms with van der Waals surface area (Å²) in [7, 11) is 3.92. The number of nitro groups is 1. The maximum atomic E-state index is 11.6. The molecule has 2 aromatic carbocycles. The summed E-state index contributed by atoms with van der Waals surface area (Å²) in [6.07, 6.45) is 1.70. The molecule has 1 aliphatic heterocycles. The SMILES string of the molecule is CN1CCN(/N=C\c2ccc(N(C)c3ccccc3)c([N+](=O)[O-])c2)CC1. The highest BCUT2D eigenvalue weighted by molar-refractivity contribution is 5.84. The Bertz CT molecular complexity index is 786. The summed E-state index contributed by atoms with van der Waals surface area (Å²) in [5.41, 5.74) is 2.24. The van der Waals surface area contributed by atoms with E-state index in [1.54, 1.807) is 18.3 Å². The van der Waals surface area contributed by atoms with Crippen LogP contribution in [0, 0.1) is 10.1 Å². The third kappa shape index (κ3) is 4.18. The first-order valence-corrected chi connectivity index (χ1v) is 8.59. The molecule has 1 fully saturated rings. The van der Waals surface area contributed by atoms with Crippen LogP contribution in [0.4, 0.5) is 17.1 Å². The van der Waals surface area contributed by atoms with Gasteiger partial charge in [0.05, 0.1) is 11.1 Å². The van der Waals surface area contributed by atoms with E-state index in [1.165, 1.54) is 0 Å². The number of anilines is 2. The molecule has 7 heteroatoms. The van der Waals surface area contributed by atoms with E-state index in [9.17, 15) is 10.1 Å².